The van der Waals surface area contributed by atoms with Crippen LogP contribution in [0.15, 0.2) is 29.2 Å². The van der Waals surface area contributed by atoms with Crippen molar-refractivity contribution >= 4 is 15.7 Å². The molecule has 0 saturated carbocycles. The maximum atomic E-state index is 12.1. The molecule has 1 rings (SSSR count). The van der Waals surface area contributed by atoms with Crippen LogP contribution in [0.2, 0.25) is 0 Å². The minimum Gasteiger partial charge on any atom is -0.372 e. The lowest BCUT2D eigenvalue weighted by molar-refractivity contribution is 0.520. The number of hydrogen-bond acceptors (Lipinski definition) is 4. The Balaban J connectivity index is 3.26. The van der Waals surface area contributed by atoms with E-state index in [4.69, 9.17) is 5.73 Å². The second-order valence-corrected chi connectivity index (χ2v) is 6.09. The van der Waals surface area contributed by atoms with Crippen LogP contribution in [0.3, 0.4) is 0 Å². The minimum absolute atomic E-state index is 0.306. The number of likely N-dealkylation sites (N-methyl/N-ethyl adjacent to an activating group) is 1. The molecule has 0 aliphatic carbocycles. The van der Waals surface area contributed by atoms with Crippen LogP contribution in [-0.4, -0.2) is 47.0 Å². The van der Waals surface area contributed by atoms with Crippen molar-refractivity contribution in [3.63, 3.8) is 0 Å². The maximum Gasteiger partial charge on any atom is 0.244 e. The summed E-state index contributed by atoms with van der Waals surface area (Å²) < 4.78 is 25.5. The summed E-state index contributed by atoms with van der Waals surface area (Å²) in [7, 11) is 1.46. The first-order valence-corrected chi connectivity index (χ1v) is 6.78. The monoisotopic (exact) mass is 257 g/mol. The van der Waals surface area contributed by atoms with E-state index in [9.17, 15) is 8.42 Å². The molecule has 6 heteroatoms. The topological polar surface area (TPSA) is 66.6 Å². The molecule has 0 amide bonds. The Hall–Kier alpha value is -1.11. The van der Waals surface area contributed by atoms with Gasteiger partial charge in [0.05, 0.1) is 5.69 Å². The largest absolute Gasteiger partial charge is 0.372 e. The quantitative estimate of drug-likeness (QED) is 0.825. The van der Waals surface area contributed by atoms with Gasteiger partial charge in [-0.25, -0.2) is 12.7 Å². The third-order valence-corrected chi connectivity index (χ3v) is 4.36. The number of rotatable bonds is 5. The zero-order chi connectivity index (χ0) is 13.1. The van der Waals surface area contributed by atoms with E-state index in [1.807, 2.05) is 18.0 Å². The molecule has 0 aliphatic rings. The van der Waals surface area contributed by atoms with Crippen LogP contribution in [0, 0.1) is 0 Å². The van der Waals surface area contributed by atoms with E-state index >= 15 is 0 Å². The molecule has 2 N–H and O–H groups in total. The first-order valence-electron chi connectivity index (χ1n) is 5.34. The summed E-state index contributed by atoms with van der Waals surface area (Å²) in [5.41, 5.74) is 6.16. The zero-order valence-electron chi connectivity index (χ0n) is 10.4. The second-order valence-electron chi connectivity index (χ2n) is 3.97. The fourth-order valence-electron chi connectivity index (χ4n) is 1.50. The van der Waals surface area contributed by atoms with Gasteiger partial charge in [-0.15, -0.1) is 0 Å². The average Bonchev–Trinajstić information content (AvgIpc) is 2.29. The lowest BCUT2D eigenvalue weighted by Gasteiger charge is -2.23. The first-order chi connectivity index (χ1) is 7.91. The van der Waals surface area contributed by atoms with E-state index in [1.54, 1.807) is 18.2 Å². The van der Waals surface area contributed by atoms with Crippen molar-refractivity contribution < 1.29 is 8.42 Å². The van der Waals surface area contributed by atoms with Gasteiger partial charge in [0.1, 0.15) is 4.90 Å². The van der Waals surface area contributed by atoms with Crippen molar-refractivity contribution in [2.75, 3.05) is 39.1 Å². The van der Waals surface area contributed by atoms with E-state index < -0.39 is 10.0 Å². The minimum atomic E-state index is -3.42. The molecule has 0 unspecified atom stereocenters. The van der Waals surface area contributed by atoms with Crippen LogP contribution in [0.1, 0.15) is 0 Å². The summed E-state index contributed by atoms with van der Waals surface area (Å²) in [5.74, 6) is 0. The van der Waals surface area contributed by atoms with Crippen LogP contribution >= 0.6 is 0 Å². The fourth-order valence-corrected chi connectivity index (χ4v) is 2.63. The van der Waals surface area contributed by atoms with Gasteiger partial charge in [-0.1, -0.05) is 12.1 Å². The second kappa shape index (κ2) is 5.48. The lowest BCUT2D eigenvalue weighted by atomic mass is 10.3. The molecule has 96 valence electrons. The highest BCUT2D eigenvalue weighted by Crippen LogP contribution is 2.25. The van der Waals surface area contributed by atoms with Crippen molar-refractivity contribution in [1.82, 2.24) is 4.31 Å². The van der Waals surface area contributed by atoms with Gasteiger partial charge in [-0.2, -0.15) is 0 Å². The SMILES string of the molecule is CN(CCN)c1ccccc1S(=O)(=O)N(C)C. The van der Waals surface area contributed by atoms with Gasteiger partial charge in [0, 0.05) is 34.2 Å². The van der Waals surface area contributed by atoms with Crippen LogP contribution < -0.4 is 10.6 Å². The van der Waals surface area contributed by atoms with E-state index in [-0.39, 0.29) is 0 Å². The molecule has 0 atom stereocenters. The number of nitrogens with two attached hydrogens (primary N) is 1. The van der Waals surface area contributed by atoms with Gasteiger partial charge in [-0.05, 0) is 12.1 Å². The smallest absolute Gasteiger partial charge is 0.244 e. The maximum absolute atomic E-state index is 12.1. The molecule has 17 heavy (non-hydrogen) atoms. The molecular weight excluding hydrogens is 238 g/mol. The lowest BCUT2D eigenvalue weighted by Crippen LogP contribution is -2.29. The molecule has 0 fully saturated rings. The third kappa shape index (κ3) is 2.96. The summed E-state index contributed by atoms with van der Waals surface area (Å²) in [4.78, 5) is 2.15. The molecule has 1 aromatic rings. The molecule has 0 bridgehead atoms. The molecule has 0 aromatic heterocycles. The average molecular weight is 257 g/mol. The summed E-state index contributed by atoms with van der Waals surface area (Å²) in [5, 5.41) is 0. The van der Waals surface area contributed by atoms with Crippen molar-refractivity contribution in [3.8, 4) is 0 Å². The standard InChI is InChI=1S/C11H19N3O2S/c1-13(2)17(15,16)11-7-5-4-6-10(11)14(3)9-8-12/h4-7H,8-9,12H2,1-3H3. The highest BCUT2D eigenvalue weighted by molar-refractivity contribution is 7.89. The highest BCUT2D eigenvalue weighted by Gasteiger charge is 2.22. The van der Waals surface area contributed by atoms with Crippen molar-refractivity contribution in [3.05, 3.63) is 24.3 Å². The Morgan fingerprint density at radius 3 is 2.29 bits per heavy atom. The molecule has 5 nitrogen and oxygen atoms in total. The zero-order valence-corrected chi connectivity index (χ0v) is 11.2. The highest BCUT2D eigenvalue weighted by atomic mass is 32.2. The summed E-state index contributed by atoms with van der Waals surface area (Å²) >= 11 is 0. The van der Waals surface area contributed by atoms with Gasteiger partial charge in [0.2, 0.25) is 10.0 Å². The number of anilines is 1. The van der Waals surface area contributed by atoms with E-state index in [0.29, 0.717) is 23.7 Å². The first kappa shape index (κ1) is 14.0. The van der Waals surface area contributed by atoms with E-state index in [2.05, 4.69) is 0 Å². The summed E-state index contributed by atoms with van der Waals surface area (Å²) in [6.07, 6.45) is 0. The van der Waals surface area contributed by atoms with Gasteiger partial charge >= 0.3 is 0 Å². The van der Waals surface area contributed by atoms with Crippen LogP contribution in [0.25, 0.3) is 0 Å². The third-order valence-electron chi connectivity index (χ3n) is 2.50. The normalized spacial score (nSPS) is 11.8. The van der Waals surface area contributed by atoms with Crippen molar-refractivity contribution in [2.24, 2.45) is 5.73 Å². The van der Waals surface area contributed by atoms with E-state index in [0.717, 1.165) is 0 Å². The summed E-state index contributed by atoms with van der Waals surface area (Å²) in [6, 6.07) is 6.93. The van der Waals surface area contributed by atoms with Crippen LogP contribution in [0.4, 0.5) is 5.69 Å². The van der Waals surface area contributed by atoms with Gasteiger partial charge < -0.3 is 10.6 Å². The number of benzene rings is 1. The Labute approximate surface area is 103 Å². The van der Waals surface area contributed by atoms with Crippen LogP contribution in [-0.2, 0) is 10.0 Å². The number of nitrogens with zero attached hydrogens (tertiary/aromatic N) is 2. The molecule has 0 spiro atoms. The number of para-hydroxylation sites is 1. The Morgan fingerprint density at radius 2 is 1.76 bits per heavy atom. The van der Waals surface area contributed by atoms with Gasteiger partial charge in [0.25, 0.3) is 0 Å². The molecule has 0 saturated heterocycles. The van der Waals surface area contributed by atoms with Crippen molar-refractivity contribution in [1.29, 1.82) is 0 Å². The molecule has 0 heterocycles. The summed E-state index contributed by atoms with van der Waals surface area (Å²) in [6.45, 7) is 1.09. The van der Waals surface area contributed by atoms with Crippen molar-refractivity contribution in [2.45, 2.75) is 4.90 Å². The number of sulfonamides is 1. The van der Waals surface area contributed by atoms with Gasteiger partial charge in [0.15, 0.2) is 0 Å². The Morgan fingerprint density at radius 1 is 1.18 bits per heavy atom. The fraction of sp³-hybridized carbons (Fsp3) is 0.455. The van der Waals surface area contributed by atoms with Gasteiger partial charge in [-0.3, -0.25) is 0 Å². The number of hydrogen-bond donors (Lipinski definition) is 1. The molecule has 1 aromatic carbocycles. The molecule has 0 radical (unpaired) electrons. The Kier molecular flexibility index (Phi) is 4.50. The Bertz CT molecular complexity index is 471. The van der Waals surface area contributed by atoms with E-state index in [1.165, 1.54) is 18.4 Å². The molecular formula is C11H19N3O2S. The van der Waals surface area contributed by atoms with Crippen LogP contribution in [0.5, 0.6) is 0 Å². The predicted octanol–water partition coefficient (Wildman–Crippen LogP) is 0.332. The molecule has 0 aliphatic heterocycles. The predicted molar refractivity (Wildman–Crippen MR) is 69.6 cm³/mol.